The molecule has 2 amide bonds. The number of anilines is 1. The highest BCUT2D eigenvalue weighted by Gasteiger charge is 2.31. The fourth-order valence-electron chi connectivity index (χ4n) is 4.59. The second-order valence-corrected chi connectivity index (χ2v) is 8.43. The van der Waals surface area contributed by atoms with Crippen molar-refractivity contribution >= 4 is 18.0 Å². The van der Waals surface area contributed by atoms with Gasteiger partial charge in [-0.25, -0.2) is 0 Å². The zero-order valence-electron chi connectivity index (χ0n) is 17.7. The van der Waals surface area contributed by atoms with Gasteiger partial charge < -0.3 is 25.2 Å². The van der Waals surface area contributed by atoms with Crippen molar-refractivity contribution in [3.05, 3.63) is 46.5 Å². The molecule has 7 heteroatoms. The lowest BCUT2D eigenvalue weighted by molar-refractivity contribution is -0.105. The number of phenols is 2. The SMILES string of the molecule is Cc1c(O)cc(O)c(C(=O)N2Cc3cccc(NC=O)c3C2)c1OCC1CCCCC1. The van der Waals surface area contributed by atoms with Crippen LogP contribution in [0, 0.1) is 12.8 Å². The number of hydrogen-bond acceptors (Lipinski definition) is 5. The van der Waals surface area contributed by atoms with E-state index in [-0.39, 0.29) is 28.7 Å². The maximum atomic E-state index is 13.5. The Morgan fingerprint density at radius 3 is 2.71 bits per heavy atom. The largest absolute Gasteiger partial charge is 0.507 e. The summed E-state index contributed by atoms with van der Waals surface area (Å²) in [7, 11) is 0. The molecule has 0 atom stereocenters. The molecule has 7 nitrogen and oxygen atoms in total. The topological polar surface area (TPSA) is 99.1 Å². The van der Waals surface area contributed by atoms with E-state index in [1.165, 1.54) is 25.3 Å². The van der Waals surface area contributed by atoms with Crippen LogP contribution in [0.4, 0.5) is 5.69 Å². The zero-order chi connectivity index (χ0) is 22.0. The quantitative estimate of drug-likeness (QED) is 0.607. The second kappa shape index (κ2) is 8.88. The number of carbonyl (C=O) groups is 2. The molecule has 0 aromatic heterocycles. The molecule has 0 unspecified atom stereocenters. The minimum absolute atomic E-state index is 0.0730. The molecule has 1 aliphatic heterocycles. The molecule has 164 valence electrons. The zero-order valence-corrected chi connectivity index (χ0v) is 17.7. The van der Waals surface area contributed by atoms with E-state index in [0.29, 0.717) is 43.3 Å². The molecule has 3 N–H and O–H groups in total. The number of aromatic hydroxyl groups is 2. The predicted molar refractivity (Wildman–Crippen MR) is 116 cm³/mol. The Morgan fingerprint density at radius 2 is 1.97 bits per heavy atom. The minimum atomic E-state index is -0.368. The normalized spacial score (nSPS) is 16.1. The van der Waals surface area contributed by atoms with Crippen molar-refractivity contribution in [2.75, 3.05) is 11.9 Å². The van der Waals surface area contributed by atoms with E-state index in [4.69, 9.17) is 4.74 Å². The van der Waals surface area contributed by atoms with E-state index < -0.39 is 0 Å². The molecular formula is C24H28N2O5. The summed E-state index contributed by atoms with van der Waals surface area (Å²) in [5.41, 5.74) is 3.01. The van der Waals surface area contributed by atoms with Crippen molar-refractivity contribution in [3.63, 3.8) is 0 Å². The first-order chi connectivity index (χ1) is 15.0. The molecule has 2 aliphatic rings. The number of phenolic OH excluding ortho intramolecular Hbond substituents is 2. The lowest BCUT2D eigenvalue weighted by Crippen LogP contribution is -2.27. The van der Waals surface area contributed by atoms with Crippen molar-refractivity contribution in [2.24, 2.45) is 5.92 Å². The van der Waals surface area contributed by atoms with Gasteiger partial charge in [0.1, 0.15) is 22.8 Å². The third-order valence-electron chi connectivity index (χ3n) is 6.37. The second-order valence-electron chi connectivity index (χ2n) is 8.43. The van der Waals surface area contributed by atoms with E-state index in [2.05, 4.69) is 5.32 Å². The van der Waals surface area contributed by atoms with Gasteiger partial charge in [-0.1, -0.05) is 31.4 Å². The Kier molecular flexibility index (Phi) is 6.02. The maximum absolute atomic E-state index is 13.5. The van der Waals surface area contributed by atoms with E-state index in [1.807, 2.05) is 12.1 Å². The molecule has 1 aliphatic carbocycles. The third kappa shape index (κ3) is 4.17. The van der Waals surface area contributed by atoms with Crippen molar-refractivity contribution in [3.8, 4) is 17.2 Å². The highest BCUT2D eigenvalue weighted by molar-refractivity contribution is 6.01. The molecule has 31 heavy (non-hydrogen) atoms. The van der Waals surface area contributed by atoms with Gasteiger partial charge in [0.25, 0.3) is 5.91 Å². The number of benzene rings is 2. The lowest BCUT2D eigenvalue weighted by Gasteiger charge is -2.25. The first-order valence-electron chi connectivity index (χ1n) is 10.8. The van der Waals surface area contributed by atoms with Crippen molar-refractivity contribution in [1.82, 2.24) is 4.90 Å². The number of carbonyl (C=O) groups excluding carboxylic acids is 2. The maximum Gasteiger partial charge on any atom is 0.262 e. The van der Waals surface area contributed by atoms with Gasteiger partial charge in [-0.3, -0.25) is 9.59 Å². The monoisotopic (exact) mass is 424 g/mol. The predicted octanol–water partition coefficient (Wildman–Crippen LogP) is 4.09. The molecule has 1 fully saturated rings. The molecule has 1 heterocycles. The van der Waals surface area contributed by atoms with Gasteiger partial charge in [0.2, 0.25) is 6.41 Å². The van der Waals surface area contributed by atoms with Crippen LogP contribution < -0.4 is 10.1 Å². The van der Waals surface area contributed by atoms with Crippen LogP contribution in [0.1, 0.15) is 59.2 Å². The summed E-state index contributed by atoms with van der Waals surface area (Å²) in [5, 5.41) is 23.5. The van der Waals surface area contributed by atoms with Crippen LogP contribution in [0.3, 0.4) is 0 Å². The number of ether oxygens (including phenoxy) is 1. The number of hydrogen-bond donors (Lipinski definition) is 3. The van der Waals surface area contributed by atoms with Gasteiger partial charge in [0, 0.05) is 36.0 Å². The number of rotatable bonds is 6. The molecule has 0 spiro atoms. The van der Waals surface area contributed by atoms with Crippen LogP contribution in [-0.4, -0.2) is 34.0 Å². The number of nitrogens with one attached hydrogen (secondary N) is 1. The molecule has 4 rings (SSSR count). The summed E-state index contributed by atoms with van der Waals surface area (Å²) in [6.07, 6.45) is 6.37. The van der Waals surface area contributed by atoms with Gasteiger partial charge in [0.15, 0.2) is 0 Å². The van der Waals surface area contributed by atoms with Gasteiger partial charge in [-0.15, -0.1) is 0 Å². The first kappa shape index (κ1) is 21.0. The summed E-state index contributed by atoms with van der Waals surface area (Å²) in [5.74, 6) is -0.111. The Balaban J connectivity index is 1.61. The molecular weight excluding hydrogens is 396 g/mol. The Hall–Kier alpha value is -3.22. The first-order valence-corrected chi connectivity index (χ1v) is 10.8. The van der Waals surface area contributed by atoms with E-state index in [1.54, 1.807) is 17.9 Å². The summed E-state index contributed by atoms with van der Waals surface area (Å²) in [4.78, 5) is 26.0. The smallest absolute Gasteiger partial charge is 0.262 e. The van der Waals surface area contributed by atoms with Crippen LogP contribution >= 0.6 is 0 Å². The average molecular weight is 424 g/mol. The summed E-state index contributed by atoms with van der Waals surface area (Å²) >= 11 is 0. The standard InChI is InChI=1S/C24H28N2O5/c1-15-20(28)10-21(29)22(23(15)31-13-16-6-3-2-4-7-16)24(30)26-11-17-8-5-9-19(25-14-27)18(17)12-26/h5,8-10,14,16,28-29H,2-4,6-7,11-13H2,1H3,(H,25,27). The number of nitrogens with zero attached hydrogens (tertiary/aromatic N) is 1. The Labute approximate surface area is 181 Å². The Morgan fingerprint density at radius 1 is 1.19 bits per heavy atom. The van der Waals surface area contributed by atoms with Crippen LogP contribution in [0.5, 0.6) is 17.2 Å². The fraction of sp³-hybridized carbons (Fsp3) is 0.417. The number of fused-ring (bicyclic) bond motifs is 1. The Bertz CT molecular complexity index is 998. The van der Waals surface area contributed by atoms with Crippen LogP contribution in [0.2, 0.25) is 0 Å². The van der Waals surface area contributed by atoms with E-state index >= 15 is 0 Å². The fourth-order valence-corrected chi connectivity index (χ4v) is 4.59. The van der Waals surface area contributed by atoms with Gasteiger partial charge in [-0.05, 0) is 37.3 Å². The van der Waals surface area contributed by atoms with Gasteiger partial charge >= 0.3 is 0 Å². The van der Waals surface area contributed by atoms with E-state index in [9.17, 15) is 19.8 Å². The lowest BCUT2D eigenvalue weighted by atomic mass is 9.90. The van der Waals surface area contributed by atoms with Crippen LogP contribution in [-0.2, 0) is 17.9 Å². The molecule has 0 bridgehead atoms. The van der Waals surface area contributed by atoms with Crippen LogP contribution in [0.15, 0.2) is 24.3 Å². The summed E-state index contributed by atoms with van der Waals surface area (Å²) < 4.78 is 6.06. The van der Waals surface area contributed by atoms with Crippen molar-refractivity contribution in [2.45, 2.75) is 52.1 Å². The van der Waals surface area contributed by atoms with Crippen molar-refractivity contribution in [1.29, 1.82) is 0 Å². The summed E-state index contributed by atoms with van der Waals surface area (Å²) in [6, 6.07) is 6.74. The average Bonchev–Trinajstić information content (AvgIpc) is 3.21. The minimum Gasteiger partial charge on any atom is -0.507 e. The van der Waals surface area contributed by atoms with Crippen LogP contribution in [0.25, 0.3) is 0 Å². The molecule has 0 saturated heterocycles. The molecule has 0 radical (unpaired) electrons. The highest BCUT2D eigenvalue weighted by Crippen LogP contribution is 2.41. The van der Waals surface area contributed by atoms with E-state index in [0.717, 1.165) is 24.0 Å². The third-order valence-corrected chi connectivity index (χ3v) is 6.37. The number of amides is 2. The molecule has 1 saturated carbocycles. The highest BCUT2D eigenvalue weighted by atomic mass is 16.5. The summed E-state index contributed by atoms with van der Waals surface area (Å²) in [6.45, 7) is 2.82. The molecule has 2 aromatic carbocycles. The van der Waals surface area contributed by atoms with Gasteiger partial charge in [-0.2, -0.15) is 0 Å². The van der Waals surface area contributed by atoms with Gasteiger partial charge in [0.05, 0.1) is 6.61 Å². The van der Waals surface area contributed by atoms with Crippen molar-refractivity contribution < 1.29 is 24.5 Å². The molecule has 2 aromatic rings.